The summed E-state index contributed by atoms with van der Waals surface area (Å²) >= 11 is 0. The Balaban J connectivity index is 1.75. The summed E-state index contributed by atoms with van der Waals surface area (Å²) in [6.45, 7) is 9.49. The van der Waals surface area contributed by atoms with Crippen LogP contribution < -0.4 is 10.1 Å². The number of rotatable bonds is 3. The van der Waals surface area contributed by atoms with E-state index in [9.17, 15) is 9.59 Å². The van der Waals surface area contributed by atoms with Crippen LogP contribution in [0.1, 0.15) is 49.9 Å². The van der Waals surface area contributed by atoms with Crippen molar-refractivity contribution in [3.8, 4) is 5.75 Å². The molecule has 1 aromatic heterocycles. The van der Waals surface area contributed by atoms with E-state index in [-0.39, 0.29) is 5.91 Å². The number of nitrogens with one attached hydrogen (secondary N) is 1. The van der Waals surface area contributed by atoms with Gasteiger partial charge in [-0.3, -0.25) is 9.36 Å². The average Bonchev–Trinajstić information content (AvgIpc) is 3.23. The SMILES string of the molecule is CC(=O)Nc1ccc(C2=C(c3cn(C(=O)OC(C)(C)C)c4ccccc34)COc3cccc(C)c32)cc1. The number of benzene rings is 3. The van der Waals surface area contributed by atoms with Gasteiger partial charge in [-0.1, -0.05) is 42.5 Å². The van der Waals surface area contributed by atoms with Crippen LogP contribution in [0.3, 0.4) is 0 Å². The summed E-state index contributed by atoms with van der Waals surface area (Å²) in [5.41, 5.74) is 6.93. The van der Waals surface area contributed by atoms with Crippen LogP contribution >= 0.6 is 0 Å². The third-order valence-corrected chi connectivity index (χ3v) is 6.28. The molecule has 5 rings (SSSR count). The van der Waals surface area contributed by atoms with Crippen molar-refractivity contribution in [1.82, 2.24) is 4.57 Å². The smallest absolute Gasteiger partial charge is 0.419 e. The molecular weight excluding hydrogens is 464 g/mol. The number of hydrogen-bond acceptors (Lipinski definition) is 4. The predicted molar refractivity (Wildman–Crippen MR) is 147 cm³/mol. The van der Waals surface area contributed by atoms with E-state index in [2.05, 4.69) is 18.3 Å². The first-order valence-electron chi connectivity index (χ1n) is 12.3. The monoisotopic (exact) mass is 494 g/mol. The molecule has 0 aliphatic carbocycles. The maximum atomic E-state index is 13.2. The van der Waals surface area contributed by atoms with Crippen molar-refractivity contribution in [3.63, 3.8) is 0 Å². The van der Waals surface area contributed by atoms with Crippen molar-refractivity contribution in [2.24, 2.45) is 0 Å². The zero-order valence-electron chi connectivity index (χ0n) is 21.7. The van der Waals surface area contributed by atoms with Crippen molar-refractivity contribution < 1.29 is 19.1 Å². The van der Waals surface area contributed by atoms with Crippen molar-refractivity contribution >= 4 is 39.7 Å². The van der Waals surface area contributed by atoms with Crippen LogP contribution in [0.4, 0.5) is 10.5 Å². The average molecular weight is 495 g/mol. The largest absolute Gasteiger partial charge is 0.488 e. The molecule has 6 nitrogen and oxygen atoms in total. The van der Waals surface area contributed by atoms with Crippen molar-refractivity contribution in [2.75, 3.05) is 11.9 Å². The molecule has 0 saturated heterocycles. The molecule has 0 atom stereocenters. The van der Waals surface area contributed by atoms with Crippen LogP contribution in [-0.4, -0.2) is 28.8 Å². The molecule has 0 unspecified atom stereocenters. The molecule has 188 valence electrons. The van der Waals surface area contributed by atoms with Gasteiger partial charge in [0.1, 0.15) is 18.0 Å². The molecule has 0 fully saturated rings. The molecule has 3 aromatic carbocycles. The minimum atomic E-state index is -0.618. The Labute approximate surface area is 216 Å². The van der Waals surface area contributed by atoms with Crippen LogP contribution in [0.15, 0.2) is 72.9 Å². The standard InChI is InChI=1S/C31H30N2O4/c1-19-9-8-12-27-28(19)29(21-13-15-22(16-14-21)32-20(2)34)25(18-36-27)24-17-33(30(35)37-31(3,4)5)26-11-7-6-10-23(24)26/h6-17H,18H2,1-5H3,(H,32,34). The Bertz CT molecular complexity index is 1550. The lowest BCUT2D eigenvalue weighted by atomic mass is 9.85. The molecule has 1 amide bonds. The van der Waals surface area contributed by atoms with E-state index < -0.39 is 11.7 Å². The summed E-state index contributed by atoms with van der Waals surface area (Å²) in [6, 6.07) is 21.7. The van der Waals surface area contributed by atoms with Gasteiger partial charge >= 0.3 is 6.09 Å². The van der Waals surface area contributed by atoms with Gasteiger partial charge in [-0.2, -0.15) is 0 Å². The minimum absolute atomic E-state index is 0.116. The summed E-state index contributed by atoms with van der Waals surface area (Å²) in [5.74, 6) is 0.704. The number of nitrogens with zero attached hydrogens (tertiary/aromatic N) is 1. The van der Waals surface area contributed by atoms with Crippen LogP contribution in [0, 0.1) is 6.92 Å². The van der Waals surface area contributed by atoms with Crippen LogP contribution in [-0.2, 0) is 9.53 Å². The number of hydrogen-bond donors (Lipinski definition) is 1. The molecule has 1 N–H and O–H groups in total. The Morgan fingerprint density at radius 3 is 2.41 bits per heavy atom. The normalized spacial score (nSPS) is 13.2. The number of fused-ring (bicyclic) bond motifs is 2. The van der Waals surface area contributed by atoms with E-state index in [1.807, 2.05) is 87.6 Å². The molecule has 6 heteroatoms. The number of amides is 1. The van der Waals surface area contributed by atoms with E-state index >= 15 is 0 Å². The fraction of sp³-hybridized carbons (Fsp3) is 0.226. The first-order valence-corrected chi connectivity index (χ1v) is 12.3. The van der Waals surface area contributed by atoms with E-state index in [1.54, 1.807) is 4.57 Å². The third kappa shape index (κ3) is 4.75. The zero-order chi connectivity index (χ0) is 26.3. The van der Waals surface area contributed by atoms with Gasteiger partial charge in [-0.15, -0.1) is 0 Å². The van der Waals surface area contributed by atoms with Gasteiger partial charge in [0.05, 0.1) is 5.52 Å². The van der Waals surface area contributed by atoms with Gasteiger partial charge in [-0.05, 0) is 63.1 Å². The molecule has 37 heavy (non-hydrogen) atoms. The first-order chi connectivity index (χ1) is 17.6. The Morgan fingerprint density at radius 2 is 1.70 bits per heavy atom. The summed E-state index contributed by atoms with van der Waals surface area (Å²) in [4.78, 5) is 24.7. The van der Waals surface area contributed by atoms with Gasteiger partial charge in [-0.25, -0.2) is 4.79 Å². The Morgan fingerprint density at radius 1 is 0.973 bits per heavy atom. The predicted octanol–water partition coefficient (Wildman–Crippen LogP) is 7.04. The highest BCUT2D eigenvalue weighted by atomic mass is 16.6. The number of carbonyl (C=O) groups excluding carboxylic acids is 2. The van der Waals surface area contributed by atoms with Crippen LogP contribution in [0.5, 0.6) is 5.75 Å². The molecule has 4 aromatic rings. The number of aryl methyl sites for hydroxylation is 1. The van der Waals surface area contributed by atoms with E-state index in [4.69, 9.17) is 9.47 Å². The summed E-state index contributed by atoms with van der Waals surface area (Å²) in [7, 11) is 0. The van der Waals surface area contributed by atoms with Gasteiger partial charge in [0.15, 0.2) is 0 Å². The Hall–Kier alpha value is -4.32. The molecule has 0 saturated carbocycles. The molecule has 1 aliphatic heterocycles. The second-order valence-electron chi connectivity index (χ2n) is 10.3. The minimum Gasteiger partial charge on any atom is -0.488 e. The van der Waals surface area contributed by atoms with E-state index in [0.717, 1.165) is 55.7 Å². The van der Waals surface area contributed by atoms with E-state index in [0.29, 0.717) is 6.61 Å². The molecule has 1 aliphatic rings. The molecule has 0 radical (unpaired) electrons. The Kier molecular flexibility index (Phi) is 6.12. The molecule has 0 spiro atoms. The quantitative estimate of drug-likeness (QED) is 0.332. The van der Waals surface area contributed by atoms with Gasteiger partial charge in [0.25, 0.3) is 0 Å². The highest BCUT2D eigenvalue weighted by Gasteiger charge is 2.28. The first kappa shape index (κ1) is 24.4. The number of ether oxygens (including phenoxy) is 2. The topological polar surface area (TPSA) is 69.6 Å². The van der Waals surface area contributed by atoms with Crippen molar-refractivity contribution in [2.45, 2.75) is 40.2 Å². The van der Waals surface area contributed by atoms with Crippen molar-refractivity contribution in [3.05, 3.63) is 95.2 Å². The highest BCUT2D eigenvalue weighted by molar-refractivity contribution is 6.09. The van der Waals surface area contributed by atoms with Crippen LogP contribution in [0.25, 0.3) is 22.0 Å². The van der Waals surface area contributed by atoms with Gasteiger partial charge < -0.3 is 14.8 Å². The highest BCUT2D eigenvalue weighted by Crippen LogP contribution is 2.44. The molecule has 2 heterocycles. The molecular formula is C31H30N2O4. The van der Waals surface area contributed by atoms with Gasteiger partial charge in [0, 0.05) is 46.5 Å². The van der Waals surface area contributed by atoms with Gasteiger partial charge in [0.2, 0.25) is 5.91 Å². The van der Waals surface area contributed by atoms with E-state index in [1.165, 1.54) is 6.92 Å². The maximum absolute atomic E-state index is 13.2. The lowest BCUT2D eigenvalue weighted by molar-refractivity contribution is -0.114. The fourth-order valence-corrected chi connectivity index (χ4v) is 4.79. The summed E-state index contributed by atoms with van der Waals surface area (Å²) in [6.07, 6.45) is 1.43. The second-order valence-corrected chi connectivity index (χ2v) is 10.3. The number of aromatic nitrogens is 1. The molecule has 0 bridgehead atoms. The third-order valence-electron chi connectivity index (χ3n) is 6.28. The maximum Gasteiger partial charge on any atom is 0.419 e. The number of para-hydroxylation sites is 1. The number of carbonyl (C=O) groups is 2. The fourth-order valence-electron chi connectivity index (χ4n) is 4.79. The second kappa shape index (κ2) is 9.28. The number of anilines is 1. The summed E-state index contributed by atoms with van der Waals surface area (Å²) in [5, 5.41) is 3.77. The lowest BCUT2D eigenvalue weighted by Gasteiger charge is -2.26. The zero-order valence-corrected chi connectivity index (χ0v) is 21.7. The van der Waals surface area contributed by atoms with Crippen LogP contribution in [0.2, 0.25) is 0 Å². The van der Waals surface area contributed by atoms with Crippen molar-refractivity contribution in [1.29, 1.82) is 0 Å². The lowest BCUT2D eigenvalue weighted by Crippen LogP contribution is -2.26. The summed E-state index contributed by atoms with van der Waals surface area (Å²) < 4.78 is 13.5.